The van der Waals surface area contributed by atoms with Crippen LogP contribution in [0.1, 0.15) is 18.5 Å². The number of nitrogens with zero attached hydrogens (tertiary/aromatic N) is 3. The summed E-state index contributed by atoms with van der Waals surface area (Å²) in [6.45, 7) is 1.94. The Morgan fingerprint density at radius 3 is 2.61 bits per heavy atom. The molecule has 13 heteroatoms. The van der Waals surface area contributed by atoms with E-state index in [9.17, 15) is 21.6 Å². The number of pyridine rings is 1. The fourth-order valence-electron chi connectivity index (χ4n) is 4.13. The van der Waals surface area contributed by atoms with Gasteiger partial charge in [-0.15, -0.1) is 0 Å². The third-order valence-electron chi connectivity index (χ3n) is 6.08. The number of aromatic nitrogens is 2. The molecule has 3 heterocycles. The molecule has 0 unspecified atom stereocenters. The summed E-state index contributed by atoms with van der Waals surface area (Å²) in [4.78, 5) is 2.28. The molecule has 3 aromatic rings. The highest BCUT2D eigenvalue weighted by molar-refractivity contribution is 8.00. The zero-order valence-electron chi connectivity index (χ0n) is 21.1. The SMILES string of the molecule is COc1cc(S(C)(=O)=O)ccc1NCC#Cc1nn2c(NC3CCN(C)CC3)cccc2c1SC(F)(F)F. The molecule has 0 bridgehead atoms. The van der Waals surface area contributed by atoms with Crippen molar-refractivity contribution in [1.82, 2.24) is 14.5 Å². The van der Waals surface area contributed by atoms with Crippen molar-refractivity contribution in [3.63, 3.8) is 0 Å². The Kier molecular flexibility index (Phi) is 8.34. The highest BCUT2D eigenvalue weighted by Crippen LogP contribution is 2.41. The number of thioether (sulfide) groups is 1. The standard InChI is InChI=1S/C25H28F3N5O3S2/c1-32-14-11-17(12-15-32)30-23-8-4-7-21-24(37-25(26,27)28)20(31-33(21)23)6-5-13-29-19-10-9-18(38(3,34)35)16-22(19)36-2/h4,7-10,16-17,29-30H,11-15H2,1-3H3. The molecule has 0 aliphatic carbocycles. The highest BCUT2D eigenvalue weighted by Gasteiger charge is 2.33. The monoisotopic (exact) mass is 567 g/mol. The third kappa shape index (κ3) is 6.86. The average molecular weight is 568 g/mol. The lowest BCUT2D eigenvalue weighted by molar-refractivity contribution is -0.0327. The Morgan fingerprint density at radius 2 is 1.95 bits per heavy atom. The minimum absolute atomic E-state index is 0.0196. The van der Waals surface area contributed by atoms with E-state index < -0.39 is 15.3 Å². The average Bonchev–Trinajstić information content (AvgIpc) is 3.19. The molecule has 0 spiro atoms. The number of rotatable bonds is 7. The summed E-state index contributed by atoms with van der Waals surface area (Å²) in [6.07, 6.45) is 2.94. The largest absolute Gasteiger partial charge is 0.495 e. The lowest BCUT2D eigenvalue weighted by Crippen LogP contribution is -2.37. The van der Waals surface area contributed by atoms with Crippen molar-refractivity contribution in [3.8, 4) is 17.6 Å². The number of alkyl halides is 3. The van der Waals surface area contributed by atoms with Crippen LogP contribution in [0.2, 0.25) is 0 Å². The second-order valence-electron chi connectivity index (χ2n) is 8.95. The van der Waals surface area contributed by atoms with Crippen molar-refractivity contribution in [2.45, 2.75) is 34.2 Å². The molecule has 0 atom stereocenters. The fourth-order valence-corrected chi connectivity index (χ4v) is 5.45. The summed E-state index contributed by atoms with van der Waals surface area (Å²) in [5, 5.41) is 10.9. The summed E-state index contributed by atoms with van der Waals surface area (Å²) < 4.78 is 70.6. The molecule has 1 fully saturated rings. The van der Waals surface area contributed by atoms with Crippen LogP contribution in [0.5, 0.6) is 5.75 Å². The molecule has 0 radical (unpaired) electrons. The van der Waals surface area contributed by atoms with Gasteiger partial charge in [0.1, 0.15) is 17.3 Å². The molecular weight excluding hydrogens is 539 g/mol. The van der Waals surface area contributed by atoms with Gasteiger partial charge in [0.15, 0.2) is 9.84 Å². The van der Waals surface area contributed by atoms with Crippen molar-refractivity contribution in [2.24, 2.45) is 0 Å². The zero-order chi connectivity index (χ0) is 27.5. The molecule has 2 N–H and O–H groups in total. The molecular formula is C25H28F3N5O3S2. The number of piperidine rings is 1. The van der Waals surface area contributed by atoms with E-state index in [1.165, 1.54) is 23.8 Å². The van der Waals surface area contributed by atoms with E-state index in [0.717, 1.165) is 32.2 Å². The summed E-state index contributed by atoms with van der Waals surface area (Å²) >= 11 is -0.235. The Balaban J connectivity index is 1.59. The second-order valence-corrected chi connectivity index (χ2v) is 12.0. The molecule has 38 heavy (non-hydrogen) atoms. The predicted octanol–water partition coefficient (Wildman–Crippen LogP) is 4.33. The first kappa shape index (κ1) is 27.9. The van der Waals surface area contributed by atoms with Gasteiger partial charge < -0.3 is 20.3 Å². The van der Waals surface area contributed by atoms with Crippen LogP contribution >= 0.6 is 11.8 Å². The maximum atomic E-state index is 13.4. The van der Waals surface area contributed by atoms with E-state index >= 15 is 0 Å². The number of benzene rings is 1. The van der Waals surface area contributed by atoms with Gasteiger partial charge in [-0.2, -0.15) is 18.3 Å². The number of hydrogen-bond acceptors (Lipinski definition) is 8. The first-order chi connectivity index (χ1) is 17.9. The number of sulfone groups is 1. The number of ether oxygens (including phenoxy) is 1. The Labute approximate surface area is 223 Å². The van der Waals surface area contributed by atoms with Crippen molar-refractivity contribution >= 4 is 38.6 Å². The molecule has 1 saturated heterocycles. The molecule has 0 amide bonds. The first-order valence-electron chi connectivity index (χ1n) is 11.8. The van der Waals surface area contributed by atoms with Crippen molar-refractivity contribution in [3.05, 3.63) is 42.1 Å². The van der Waals surface area contributed by atoms with Crippen LogP contribution < -0.4 is 15.4 Å². The Hall–Kier alpha value is -3.08. The number of hydrogen-bond donors (Lipinski definition) is 2. The minimum atomic E-state index is -4.51. The summed E-state index contributed by atoms with van der Waals surface area (Å²) in [5.41, 5.74) is -3.67. The van der Waals surface area contributed by atoms with Gasteiger partial charge in [-0.25, -0.2) is 12.9 Å². The smallest absolute Gasteiger partial charge is 0.446 e. The molecule has 1 aliphatic heterocycles. The van der Waals surface area contributed by atoms with Gasteiger partial charge in [0.25, 0.3) is 0 Å². The highest BCUT2D eigenvalue weighted by atomic mass is 32.2. The lowest BCUT2D eigenvalue weighted by Gasteiger charge is -2.30. The van der Waals surface area contributed by atoms with Gasteiger partial charge in [-0.1, -0.05) is 12.0 Å². The van der Waals surface area contributed by atoms with Crippen LogP contribution in [0.3, 0.4) is 0 Å². The Morgan fingerprint density at radius 1 is 1.21 bits per heavy atom. The second kappa shape index (κ2) is 11.3. The van der Waals surface area contributed by atoms with Crippen LogP contribution in [0.15, 0.2) is 46.2 Å². The molecule has 2 aromatic heterocycles. The van der Waals surface area contributed by atoms with E-state index in [-0.39, 0.29) is 39.8 Å². The van der Waals surface area contributed by atoms with Crippen molar-refractivity contribution in [2.75, 3.05) is 50.7 Å². The molecule has 8 nitrogen and oxygen atoms in total. The number of halogens is 3. The lowest BCUT2D eigenvalue weighted by atomic mass is 10.1. The van der Waals surface area contributed by atoms with Crippen molar-refractivity contribution < 1.29 is 26.3 Å². The quantitative estimate of drug-likeness (QED) is 0.322. The molecule has 0 saturated carbocycles. The van der Waals surface area contributed by atoms with Crippen LogP contribution in [0, 0.1) is 11.8 Å². The predicted molar refractivity (Wildman–Crippen MR) is 143 cm³/mol. The van der Waals surface area contributed by atoms with Gasteiger partial charge in [-0.05, 0) is 74.9 Å². The fraction of sp³-hybridized carbons (Fsp3) is 0.400. The first-order valence-corrected chi connectivity index (χ1v) is 14.5. The van der Waals surface area contributed by atoms with Crippen LogP contribution in [0.25, 0.3) is 5.52 Å². The van der Waals surface area contributed by atoms with Crippen LogP contribution in [-0.4, -0.2) is 74.5 Å². The van der Waals surface area contributed by atoms with Gasteiger partial charge in [0.2, 0.25) is 0 Å². The Bertz CT molecular complexity index is 1470. The topological polar surface area (TPSA) is 88.0 Å². The van der Waals surface area contributed by atoms with E-state index in [2.05, 4.69) is 39.5 Å². The summed E-state index contributed by atoms with van der Waals surface area (Å²) in [7, 11) is 0.0612. The van der Waals surface area contributed by atoms with E-state index in [4.69, 9.17) is 4.74 Å². The molecule has 204 valence electrons. The summed E-state index contributed by atoms with van der Waals surface area (Å²) in [5.74, 6) is 6.51. The number of methoxy groups -OCH3 is 1. The van der Waals surface area contributed by atoms with Crippen LogP contribution in [0.4, 0.5) is 24.7 Å². The van der Waals surface area contributed by atoms with Gasteiger partial charge in [0.05, 0.1) is 34.6 Å². The van der Waals surface area contributed by atoms with Crippen molar-refractivity contribution in [1.29, 1.82) is 0 Å². The number of fused-ring (bicyclic) bond motifs is 1. The molecule has 1 aromatic carbocycles. The zero-order valence-corrected chi connectivity index (χ0v) is 22.7. The maximum Gasteiger partial charge on any atom is 0.446 e. The number of anilines is 2. The minimum Gasteiger partial charge on any atom is -0.495 e. The van der Waals surface area contributed by atoms with E-state index in [1.807, 2.05) is 0 Å². The normalized spacial score (nSPS) is 15.2. The summed E-state index contributed by atoms with van der Waals surface area (Å²) in [6, 6.07) is 9.68. The van der Waals surface area contributed by atoms with Gasteiger partial charge >= 0.3 is 5.51 Å². The third-order valence-corrected chi connectivity index (χ3v) is 8.02. The van der Waals surface area contributed by atoms with Gasteiger partial charge in [0, 0.05) is 18.4 Å². The van der Waals surface area contributed by atoms with E-state index in [0.29, 0.717) is 22.8 Å². The van der Waals surface area contributed by atoms with Crippen LogP contribution in [-0.2, 0) is 9.84 Å². The van der Waals surface area contributed by atoms with Gasteiger partial charge in [-0.3, -0.25) is 0 Å². The number of likely N-dealkylation sites (tertiary alicyclic amines) is 1. The number of nitrogens with one attached hydrogen (secondary N) is 2. The molecule has 1 aliphatic rings. The maximum absolute atomic E-state index is 13.4. The van der Waals surface area contributed by atoms with E-state index in [1.54, 1.807) is 24.3 Å². The molecule has 4 rings (SSSR count).